The number of aliphatic hydroxyl groups is 1. The van der Waals surface area contributed by atoms with Gasteiger partial charge in [-0.05, 0) is 24.3 Å². The summed E-state index contributed by atoms with van der Waals surface area (Å²) < 4.78 is 11.4. The van der Waals surface area contributed by atoms with Gasteiger partial charge >= 0.3 is 0 Å². The van der Waals surface area contributed by atoms with Crippen molar-refractivity contribution in [2.45, 2.75) is 6.54 Å². The third-order valence-electron chi connectivity index (χ3n) is 3.86. The van der Waals surface area contributed by atoms with Gasteiger partial charge in [0.2, 0.25) is 0 Å². The summed E-state index contributed by atoms with van der Waals surface area (Å²) in [6, 6.07) is 11.6. The molecule has 0 amide bonds. The Hall–Kier alpha value is -1.33. The Balaban J connectivity index is 1.70. The van der Waals surface area contributed by atoms with Gasteiger partial charge in [-0.2, -0.15) is 0 Å². The van der Waals surface area contributed by atoms with Crippen LogP contribution in [0, 0.1) is 5.92 Å². The number of halogens is 1. The van der Waals surface area contributed by atoms with Crippen LogP contribution in [-0.4, -0.2) is 42.9 Å². The Morgan fingerprint density at radius 3 is 2.91 bits per heavy atom. The molecule has 0 bridgehead atoms. The zero-order valence-electron chi connectivity index (χ0n) is 12.4. The van der Waals surface area contributed by atoms with Crippen molar-refractivity contribution in [3.05, 3.63) is 47.2 Å². The fraction of sp³-hybridized carbons (Fsp3) is 0.412. The molecule has 1 aromatic heterocycles. The molecule has 5 heteroatoms. The van der Waals surface area contributed by atoms with Crippen LogP contribution in [0.1, 0.15) is 5.76 Å². The summed E-state index contributed by atoms with van der Waals surface area (Å²) in [5, 5.41) is 10.0. The molecule has 0 aliphatic carbocycles. The molecule has 1 aliphatic rings. The van der Waals surface area contributed by atoms with E-state index in [9.17, 15) is 5.11 Å². The molecule has 3 rings (SSSR count). The summed E-state index contributed by atoms with van der Waals surface area (Å²) in [6.45, 7) is 3.84. The van der Waals surface area contributed by atoms with Gasteiger partial charge in [0.05, 0.1) is 24.8 Å². The second kappa shape index (κ2) is 7.29. The lowest BCUT2D eigenvalue weighted by atomic mass is 10.1. The zero-order valence-corrected chi connectivity index (χ0v) is 13.1. The Bertz CT molecular complexity index is 613. The molecule has 118 valence electrons. The third-order valence-corrected chi connectivity index (χ3v) is 4.19. The molecule has 0 radical (unpaired) electrons. The first kappa shape index (κ1) is 15.6. The van der Waals surface area contributed by atoms with E-state index in [-0.39, 0.29) is 12.5 Å². The SMILES string of the molecule is OCC1COCCN(Cc2ccc(-c3ccccc3Cl)o2)C1. The van der Waals surface area contributed by atoms with Crippen molar-refractivity contribution in [1.82, 2.24) is 4.90 Å². The molecule has 1 fully saturated rings. The Morgan fingerprint density at radius 1 is 1.23 bits per heavy atom. The first-order valence-corrected chi connectivity index (χ1v) is 7.88. The monoisotopic (exact) mass is 321 g/mol. The minimum absolute atomic E-state index is 0.152. The van der Waals surface area contributed by atoms with E-state index in [1.165, 1.54) is 0 Å². The van der Waals surface area contributed by atoms with Crippen LogP contribution < -0.4 is 0 Å². The number of furan rings is 1. The Labute approximate surface area is 135 Å². The van der Waals surface area contributed by atoms with E-state index in [0.29, 0.717) is 24.8 Å². The van der Waals surface area contributed by atoms with Crippen LogP contribution in [0.4, 0.5) is 0 Å². The van der Waals surface area contributed by atoms with Gasteiger partial charge in [0, 0.05) is 31.2 Å². The molecule has 1 saturated heterocycles. The fourth-order valence-corrected chi connectivity index (χ4v) is 2.92. The predicted octanol–water partition coefficient (Wildman–Crippen LogP) is 3.04. The van der Waals surface area contributed by atoms with Gasteiger partial charge < -0.3 is 14.3 Å². The maximum absolute atomic E-state index is 9.34. The van der Waals surface area contributed by atoms with E-state index in [1.807, 2.05) is 36.4 Å². The van der Waals surface area contributed by atoms with E-state index < -0.39 is 0 Å². The maximum atomic E-state index is 9.34. The molecule has 2 heterocycles. The van der Waals surface area contributed by atoms with Crippen molar-refractivity contribution in [2.75, 3.05) is 32.9 Å². The Morgan fingerprint density at radius 2 is 2.09 bits per heavy atom. The summed E-state index contributed by atoms with van der Waals surface area (Å²) >= 11 is 6.20. The second-order valence-corrected chi connectivity index (χ2v) is 6.01. The molecular formula is C17H20ClNO3. The van der Waals surface area contributed by atoms with Crippen molar-refractivity contribution in [2.24, 2.45) is 5.92 Å². The minimum atomic E-state index is 0.152. The Kier molecular flexibility index (Phi) is 5.16. The largest absolute Gasteiger partial charge is 0.460 e. The number of benzene rings is 1. The molecule has 0 spiro atoms. The maximum Gasteiger partial charge on any atom is 0.135 e. The van der Waals surface area contributed by atoms with E-state index in [1.54, 1.807) is 0 Å². The van der Waals surface area contributed by atoms with Crippen LogP contribution >= 0.6 is 11.6 Å². The van der Waals surface area contributed by atoms with Crippen molar-refractivity contribution >= 4 is 11.6 Å². The van der Waals surface area contributed by atoms with Gasteiger partial charge in [-0.3, -0.25) is 4.90 Å². The van der Waals surface area contributed by atoms with Crippen molar-refractivity contribution in [1.29, 1.82) is 0 Å². The van der Waals surface area contributed by atoms with Gasteiger partial charge in [-0.25, -0.2) is 0 Å². The quantitative estimate of drug-likeness (QED) is 0.940. The first-order chi connectivity index (χ1) is 10.8. The van der Waals surface area contributed by atoms with Crippen LogP contribution in [0.2, 0.25) is 5.02 Å². The lowest BCUT2D eigenvalue weighted by Crippen LogP contribution is -2.30. The normalized spacial score (nSPS) is 20.0. The first-order valence-electron chi connectivity index (χ1n) is 7.51. The van der Waals surface area contributed by atoms with Gasteiger partial charge in [0.25, 0.3) is 0 Å². The highest BCUT2D eigenvalue weighted by molar-refractivity contribution is 6.33. The van der Waals surface area contributed by atoms with Crippen molar-refractivity contribution < 1.29 is 14.3 Å². The lowest BCUT2D eigenvalue weighted by Gasteiger charge is -2.20. The van der Waals surface area contributed by atoms with Gasteiger partial charge in [-0.15, -0.1) is 0 Å². The molecule has 22 heavy (non-hydrogen) atoms. The van der Waals surface area contributed by atoms with Crippen LogP contribution in [0.5, 0.6) is 0 Å². The van der Waals surface area contributed by atoms with Gasteiger partial charge in [0.15, 0.2) is 0 Å². The standard InChI is InChI=1S/C17H20ClNO3/c18-16-4-2-1-3-15(16)17-6-5-14(22-17)10-19-7-8-21-12-13(9-19)11-20/h1-6,13,20H,7-12H2. The van der Waals surface area contributed by atoms with Crippen LogP contribution in [-0.2, 0) is 11.3 Å². The van der Waals surface area contributed by atoms with E-state index >= 15 is 0 Å². The van der Waals surface area contributed by atoms with E-state index in [4.69, 9.17) is 20.8 Å². The lowest BCUT2D eigenvalue weighted by molar-refractivity contribution is 0.0957. The zero-order chi connectivity index (χ0) is 15.4. The number of aliphatic hydroxyl groups excluding tert-OH is 1. The summed E-state index contributed by atoms with van der Waals surface area (Å²) in [5.41, 5.74) is 0.905. The molecule has 4 nitrogen and oxygen atoms in total. The molecule has 1 unspecified atom stereocenters. The van der Waals surface area contributed by atoms with Crippen LogP contribution in [0.25, 0.3) is 11.3 Å². The summed E-state index contributed by atoms with van der Waals surface area (Å²) in [4.78, 5) is 2.25. The predicted molar refractivity (Wildman–Crippen MR) is 85.8 cm³/mol. The number of rotatable bonds is 4. The molecule has 1 aromatic carbocycles. The third kappa shape index (κ3) is 3.70. The minimum Gasteiger partial charge on any atom is -0.460 e. The smallest absolute Gasteiger partial charge is 0.135 e. The highest BCUT2D eigenvalue weighted by Crippen LogP contribution is 2.29. The molecule has 1 aliphatic heterocycles. The summed E-state index contributed by atoms with van der Waals surface area (Å²) in [5.74, 6) is 1.85. The number of hydrogen-bond donors (Lipinski definition) is 1. The van der Waals surface area contributed by atoms with E-state index in [0.717, 1.165) is 30.2 Å². The number of nitrogens with zero attached hydrogens (tertiary/aromatic N) is 1. The summed E-state index contributed by atoms with van der Waals surface area (Å²) in [7, 11) is 0. The number of hydrogen-bond acceptors (Lipinski definition) is 4. The average Bonchev–Trinajstić information content (AvgIpc) is 2.86. The molecule has 1 atom stereocenters. The van der Waals surface area contributed by atoms with Gasteiger partial charge in [0.1, 0.15) is 11.5 Å². The van der Waals surface area contributed by atoms with Crippen LogP contribution in [0.15, 0.2) is 40.8 Å². The summed E-state index contributed by atoms with van der Waals surface area (Å²) in [6.07, 6.45) is 0. The van der Waals surface area contributed by atoms with Crippen molar-refractivity contribution in [3.8, 4) is 11.3 Å². The van der Waals surface area contributed by atoms with Crippen LogP contribution in [0.3, 0.4) is 0 Å². The number of ether oxygens (including phenoxy) is 1. The molecule has 0 saturated carbocycles. The van der Waals surface area contributed by atoms with Crippen molar-refractivity contribution in [3.63, 3.8) is 0 Å². The van der Waals surface area contributed by atoms with E-state index in [2.05, 4.69) is 4.90 Å². The fourth-order valence-electron chi connectivity index (χ4n) is 2.70. The molecule has 1 N–H and O–H groups in total. The second-order valence-electron chi connectivity index (χ2n) is 5.60. The highest BCUT2D eigenvalue weighted by Gasteiger charge is 2.19. The highest BCUT2D eigenvalue weighted by atomic mass is 35.5. The molecular weight excluding hydrogens is 302 g/mol. The molecule has 2 aromatic rings. The topological polar surface area (TPSA) is 45.8 Å². The van der Waals surface area contributed by atoms with Gasteiger partial charge in [-0.1, -0.05) is 23.7 Å². The average molecular weight is 322 g/mol.